The molecule has 0 aliphatic heterocycles. The van der Waals surface area contributed by atoms with Gasteiger partial charge in [0.2, 0.25) is 0 Å². The van der Waals surface area contributed by atoms with E-state index in [-0.39, 0.29) is 6.10 Å². The molecule has 0 spiro atoms. The fourth-order valence-electron chi connectivity index (χ4n) is 3.00. The number of hydrogen-bond acceptors (Lipinski definition) is 1. The van der Waals surface area contributed by atoms with E-state index in [1.807, 2.05) is 0 Å². The highest BCUT2D eigenvalue weighted by atomic mass is 28.4. The SMILES string of the molecule is CCC#CC(CC(C)C)O[Si](CCC)(CCC)CCC. The van der Waals surface area contributed by atoms with Crippen LogP contribution in [-0.4, -0.2) is 14.4 Å². The van der Waals surface area contributed by atoms with Gasteiger partial charge in [-0.05, 0) is 30.5 Å². The van der Waals surface area contributed by atoms with Gasteiger partial charge in [0, 0.05) is 6.42 Å². The Morgan fingerprint density at radius 2 is 1.40 bits per heavy atom. The molecule has 2 heteroatoms. The zero-order valence-corrected chi connectivity index (χ0v) is 15.7. The molecule has 0 heterocycles. The minimum atomic E-state index is -1.58. The van der Waals surface area contributed by atoms with Crippen molar-refractivity contribution >= 4 is 8.32 Å². The molecule has 0 bridgehead atoms. The standard InChI is InChI=1S/C18H36OSi/c1-7-11-12-18(16-17(5)6)19-20(13-8-2,14-9-3)15-10-4/h17-18H,7-10,13-16H2,1-6H3. The lowest BCUT2D eigenvalue weighted by molar-refractivity contribution is 0.211. The molecule has 0 rings (SSSR count). The lowest BCUT2D eigenvalue weighted by Gasteiger charge is -2.34. The quantitative estimate of drug-likeness (QED) is 0.354. The van der Waals surface area contributed by atoms with Gasteiger partial charge in [-0.25, -0.2) is 0 Å². The second kappa shape index (κ2) is 11.4. The summed E-state index contributed by atoms with van der Waals surface area (Å²) in [6.07, 6.45) is 5.94. The van der Waals surface area contributed by atoms with E-state index in [2.05, 4.69) is 53.4 Å². The third-order valence-corrected chi connectivity index (χ3v) is 8.65. The highest BCUT2D eigenvalue weighted by molar-refractivity contribution is 6.73. The summed E-state index contributed by atoms with van der Waals surface area (Å²) in [6.45, 7) is 13.6. The van der Waals surface area contributed by atoms with Crippen molar-refractivity contribution in [2.24, 2.45) is 5.92 Å². The molecule has 0 saturated heterocycles. The molecule has 0 aromatic heterocycles. The first-order valence-corrected chi connectivity index (χ1v) is 11.2. The summed E-state index contributed by atoms with van der Waals surface area (Å²) in [5.41, 5.74) is 0. The summed E-state index contributed by atoms with van der Waals surface area (Å²) in [5, 5.41) is 0. The van der Waals surface area contributed by atoms with Crippen molar-refractivity contribution in [3.63, 3.8) is 0 Å². The van der Waals surface area contributed by atoms with E-state index in [4.69, 9.17) is 4.43 Å². The van der Waals surface area contributed by atoms with Crippen LogP contribution in [0.3, 0.4) is 0 Å². The van der Waals surface area contributed by atoms with Crippen LogP contribution in [0.1, 0.15) is 73.6 Å². The van der Waals surface area contributed by atoms with Gasteiger partial charge in [0.25, 0.3) is 0 Å². The van der Waals surface area contributed by atoms with E-state index in [1.54, 1.807) is 0 Å². The van der Waals surface area contributed by atoms with Crippen molar-refractivity contribution < 1.29 is 4.43 Å². The van der Waals surface area contributed by atoms with Crippen LogP contribution in [0.15, 0.2) is 0 Å². The second-order valence-corrected chi connectivity index (χ2v) is 10.4. The summed E-state index contributed by atoms with van der Waals surface area (Å²) < 4.78 is 6.74. The van der Waals surface area contributed by atoms with Crippen molar-refractivity contribution in [1.29, 1.82) is 0 Å². The molecule has 1 atom stereocenters. The van der Waals surface area contributed by atoms with E-state index in [0.29, 0.717) is 5.92 Å². The fourth-order valence-corrected chi connectivity index (χ4v) is 7.60. The van der Waals surface area contributed by atoms with Crippen LogP contribution in [0.2, 0.25) is 18.1 Å². The first-order chi connectivity index (χ1) is 9.53. The third kappa shape index (κ3) is 8.12. The summed E-state index contributed by atoms with van der Waals surface area (Å²) >= 11 is 0. The number of hydrogen-bond donors (Lipinski definition) is 0. The van der Waals surface area contributed by atoms with Gasteiger partial charge in [0.05, 0.1) is 0 Å². The van der Waals surface area contributed by atoms with Crippen LogP contribution < -0.4 is 0 Å². The van der Waals surface area contributed by atoms with Crippen LogP contribution in [-0.2, 0) is 4.43 Å². The van der Waals surface area contributed by atoms with Crippen LogP contribution in [0, 0.1) is 17.8 Å². The fraction of sp³-hybridized carbons (Fsp3) is 0.889. The molecule has 1 unspecified atom stereocenters. The largest absolute Gasteiger partial charge is 0.403 e. The molecular weight excluding hydrogens is 260 g/mol. The lowest BCUT2D eigenvalue weighted by atomic mass is 10.1. The molecule has 0 radical (unpaired) electrons. The lowest BCUT2D eigenvalue weighted by Crippen LogP contribution is -2.41. The van der Waals surface area contributed by atoms with Crippen molar-refractivity contribution in [2.75, 3.05) is 0 Å². The highest BCUT2D eigenvalue weighted by Crippen LogP contribution is 2.30. The maximum Gasteiger partial charge on any atom is 0.194 e. The summed E-state index contributed by atoms with van der Waals surface area (Å²) in [7, 11) is -1.58. The number of rotatable bonds is 10. The van der Waals surface area contributed by atoms with E-state index in [0.717, 1.165) is 12.8 Å². The first-order valence-electron chi connectivity index (χ1n) is 8.69. The Kier molecular flexibility index (Phi) is 11.3. The third-order valence-electron chi connectivity index (χ3n) is 3.63. The van der Waals surface area contributed by atoms with Crippen LogP contribution >= 0.6 is 0 Å². The average Bonchev–Trinajstić information content (AvgIpc) is 2.36. The molecule has 0 saturated carbocycles. The molecule has 0 fully saturated rings. The molecule has 0 aliphatic carbocycles. The molecule has 0 amide bonds. The van der Waals surface area contributed by atoms with Crippen molar-refractivity contribution in [2.45, 2.75) is 97.9 Å². The topological polar surface area (TPSA) is 9.23 Å². The maximum atomic E-state index is 6.74. The van der Waals surface area contributed by atoms with Crippen molar-refractivity contribution in [3.8, 4) is 11.8 Å². The zero-order valence-electron chi connectivity index (χ0n) is 14.7. The molecule has 0 aliphatic rings. The molecule has 1 nitrogen and oxygen atoms in total. The van der Waals surface area contributed by atoms with Gasteiger partial charge in [-0.15, -0.1) is 5.92 Å². The van der Waals surface area contributed by atoms with Crippen molar-refractivity contribution in [3.05, 3.63) is 0 Å². The Balaban J connectivity index is 5.00. The highest BCUT2D eigenvalue weighted by Gasteiger charge is 2.34. The van der Waals surface area contributed by atoms with E-state index >= 15 is 0 Å². The monoisotopic (exact) mass is 296 g/mol. The summed E-state index contributed by atoms with van der Waals surface area (Å²) in [6, 6.07) is 3.91. The Labute approximate surface area is 129 Å². The Hall–Kier alpha value is -0.263. The van der Waals surface area contributed by atoms with Crippen molar-refractivity contribution in [1.82, 2.24) is 0 Å². The Bertz CT molecular complexity index is 271. The molecule has 0 aromatic carbocycles. The summed E-state index contributed by atoms with van der Waals surface area (Å²) in [4.78, 5) is 0. The maximum absolute atomic E-state index is 6.74. The van der Waals surface area contributed by atoms with Gasteiger partial charge in [0.15, 0.2) is 8.32 Å². The van der Waals surface area contributed by atoms with E-state index in [9.17, 15) is 0 Å². The normalized spacial score (nSPS) is 13.2. The molecule has 118 valence electrons. The predicted molar refractivity (Wildman–Crippen MR) is 93.4 cm³/mol. The minimum absolute atomic E-state index is 0.172. The van der Waals surface area contributed by atoms with Gasteiger partial charge in [0.1, 0.15) is 6.10 Å². The summed E-state index contributed by atoms with van der Waals surface area (Å²) in [5.74, 6) is 7.30. The molecule has 0 N–H and O–H groups in total. The zero-order chi connectivity index (χ0) is 15.4. The van der Waals surface area contributed by atoms with Crippen LogP contribution in [0.4, 0.5) is 0 Å². The predicted octanol–water partition coefficient (Wildman–Crippen LogP) is 6.01. The Morgan fingerprint density at radius 1 is 0.900 bits per heavy atom. The van der Waals surface area contributed by atoms with Gasteiger partial charge in [-0.1, -0.05) is 66.7 Å². The second-order valence-electron chi connectivity index (χ2n) is 6.34. The Morgan fingerprint density at radius 3 is 1.75 bits per heavy atom. The molecular formula is C18H36OSi. The minimum Gasteiger partial charge on any atom is -0.403 e. The smallest absolute Gasteiger partial charge is 0.194 e. The van der Waals surface area contributed by atoms with Crippen LogP contribution in [0.5, 0.6) is 0 Å². The van der Waals surface area contributed by atoms with Crippen LogP contribution in [0.25, 0.3) is 0 Å². The van der Waals surface area contributed by atoms with E-state index in [1.165, 1.54) is 37.4 Å². The first kappa shape index (κ1) is 19.7. The van der Waals surface area contributed by atoms with E-state index < -0.39 is 8.32 Å². The van der Waals surface area contributed by atoms with Gasteiger partial charge in [-0.2, -0.15) is 0 Å². The van der Waals surface area contributed by atoms with Gasteiger partial charge < -0.3 is 4.43 Å². The molecule has 20 heavy (non-hydrogen) atoms. The van der Waals surface area contributed by atoms with Gasteiger partial charge >= 0.3 is 0 Å². The molecule has 0 aromatic rings. The van der Waals surface area contributed by atoms with Gasteiger partial charge in [-0.3, -0.25) is 0 Å². The average molecular weight is 297 g/mol.